The number of primary amides is 1. The number of carbonyl (C=O) groups is 3. The average Bonchev–Trinajstić information content (AvgIpc) is 3.09. The molecule has 0 aliphatic heterocycles. The van der Waals surface area contributed by atoms with Crippen molar-refractivity contribution < 1.29 is 14.4 Å². The Balaban J connectivity index is 1.89. The van der Waals surface area contributed by atoms with E-state index in [0.717, 1.165) is 5.56 Å². The van der Waals surface area contributed by atoms with Crippen molar-refractivity contribution in [2.24, 2.45) is 5.73 Å². The third-order valence-corrected chi connectivity index (χ3v) is 4.24. The van der Waals surface area contributed by atoms with Crippen LogP contribution in [0.1, 0.15) is 21.9 Å². The van der Waals surface area contributed by atoms with Crippen molar-refractivity contribution in [1.29, 1.82) is 0 Å². The highest BCUT2D eigenvalue weighted by atomic mass is 16.2. The van der Waals surface area contributed by atoms with Crippen molar-refractivity contribution in [3.8, 4) is 5.69 Å². The summed E-state index contributed by atoms with van der Waals surface area (Å²) < 4.78 is 1.64. The second-order valence-electron chi connectivity index (χ2n) is 6.18. The first kappa shape index (κ1) is 19.0. The SMILES string of the molecule is Cc1ncc(C(=O)NC(Cc2ccccc2)C(=O)C(N)=O)n1-c1ccncc1. The molecule has 0 fully saturated rings. The Hall–Kier alpha value is -3.81. The average molecular weight is 377 g/mol. The molecule has 2 aromatic heterocycles. The number of benzene rings is 1. The number of nitrogens with one attached hydrogen (secondary N) is 1. The highest BCUT2D eigenvalue weighted by Gasteiger charge is 2.27. The molecule has 0 saturated heterocycles. The molecular formula is C20H19N5O3. The maximum atomic E-state index is 12.9. The van der Waals surface area contributed by atoms with E-state index in [1.54, 1.807) is 48.1 Å². The van der Waals surface area contributed by atoms with Crippen molar-refractivity contribution in [2.45, 2.75) is 19.4 Å². The van der Waals surface area contributed by atoms with Crippen LogP contribution < -0.4 is 11.1 Å². The number of hydrogen-bond acceptors (Lipinski definition) is 5. The van der Waals surface area contributed by atoms with Crippen molar-refractivity contribution in [3.05, 3.63) is 78.1 Å². The molecule has 3 N–H and O–H groups in total. The van der Waals surface area contributed by atoms with E-state index in [2.05, 4.69) is 15.3 Å². The van der Waals surface area contributed by atoms with Crippen LogP contribution in [0.4, 0.5) is 0 Å². The predicted molar refractivity (Wildman–Crippen MR) is 102 cm³/mol. The summed E-state index contributed by atoms with van der Waals surface area (Å²) in [6, 6.07) is 11.5. The summed E-state index contributed by atoms with van der Waals surface area (Å²) in [7, 11) is 0. The van der Waals surface area contributed by atoms with Gasteiger partial charge in [0.15, 0.2) is 0 Å². The molecule has 1 aromatic carbocycles. The Labute approximate surface area is 161 Å². The quantitative estimate of drug-likeness (QED) is 0.595. The van der Waals surface area contributed by atoms with Crippen LogP contribution in [0.5, 0.6) is 0 Å². The van der Waals surface area contributed by atoms with Crippen molar-refractivity contribution >= 4 is 17.6 Å². The van der Waals surface area contributed by atoms with Crippen LogP contribution in [0, 0.1) is 6.92 Å². The molecule has 1 atom stereocenters. The number of rotatable bonds is 7. The molecule has 0 aliphatic carbocycles. The molecule has 0 bridgehead atoms. The van der Waals surface area contributed by atoms with E-state index in [1.165, 1.54) is 6.20 Å². The number of pyridine rings is 1. The molecule has 2 heterocycles. The van der Waals surface area contributed by atoms with Gasteiger partial charge in [0.1, 0.15) is 17.6 Å². The highest BCUT2D eigenvalue weighted by Crippen LogP contribution is 2.14. The number of nitrogens with zero attached hydrogens (tertiary/aromatic N) is 3. The van der Waals surface area contributed by atoms with Crippen LogP contribution in [-0.4, -0.2) is 38.2 Å². The number of aryl methyl sites for hydroxylation is 1. The lowest BCUT2D eigenvalue weighted by Gasteiger charge is -2.17. The molecule has 2 amide bonds. The number of aromatic nitrogens is 3. The van der Waals surface area contributed by atoms with E-state index in [0.29, 0.717) is 11.5 Å². The molecule has 0 spiro atoms. The lowest BCUT2D eigenvalue weighted by Crippen LogP contribution is -2.47. The lowest BCUT2D eigenvalue weighted by molar-refractivity contribution is -0.137. The number of hydrogen-bond donors (Lipinski definition) is 2. The number of amides is 2. The zero-order chi connectivity index (χ0) is 20.1. The maximum absolute atomic E-state index is 12.9. The molecule has 0 aliphatic rings. The second-order valence-corrected chi connectivity index (χ2v) is 6.18. The molecule has 3 rings (SSSR count). The fourth-order valence-corrected chi connectivity index (χ4v) is 2.89. The molecule has 0 radical (unpaired) electrons. The number of imidazole rings is 1. The summed E-state index contributed by atoms with van der Waals surface area (Å²) in [5.74, 6) is -1.89. The largest absolute Gasteiger partial charge is 0.363 e. The zero-order valence-electron chi connectivity index (χ0n) is 15.2. The minimum atomic E-state index is -1.10. The van der Waals surface area contributed by atoms with Crippen LogP contribution in [0.2, 0.25) is 0 Å². The molecular weight excluding hydrogens is 358 g/mol. The Kier molecular flexibility index (Phi) is 5.59. The van der Waals surface area contributed by atoms with Gasteiger partial charge in [-0.2, -0.15) is 0 Å². The number of nitrogens with two attached hydrogens (primary N) is 1. The lowest BCUT2D eigenvalue weighted by atomic mass is 10.0. The minimum absolute atomic E-state index is 0.150. The molecule has 3 aromatic rings. The van der Waals surface area contributed by atoms with E-state index in [1.807, 2.05) is 18.2 Å². The first-order chi connectivity index (χ1) is 13.5. The van der Waals surface area contributed by atoms with Gasteiger partial charge in [0.2, 0.25) is 5.78 Å². The first-order valence-electron chi connectivity index (χ1n) is 8.60. The van der Waals surface area contributed by atoms with Gasteiger partial charge < -0.3 is 11.1 Å². The topological polar surface area (TPSA) is 120 Å². The van der Waals surface area contributed by atoms with Gasteiger partial charge in [0.05, 0.1) is 11.9 Å². The summed E-state index contributed by atoms with van der Waals surface area (Å²) in [6.45, 7) is 1.76. The molecule has 1 unspecified atom stereocenters. The van der Waals surface area contributed by atoms with Crippen LogP contribution in [0.15, 0.2) is 61.1 Å². The summed E-state index contributed by atoms with van der Waals surface area (Å²) in [4.78, 5) is 44.7. The van der Waals surface area contributed by atoms with Crippen LogP contribution >= 0.6 is 0 Å². The predicted octanol–water partition coefficient (Wildman–Crippen LogP) is 0.971. The van der Waals surface area contributed by atoms with Gasteiger partial charge >= 0.3 is 0 Å². The smallest absolute Gasteiger partial charge is 0.287 e. The molecule has 8 heteroatoms. The summed E-state index contributed by atoms with van der Waals surface area (Å²) in [5, 5.41) is 2.62. The fraction of sp³-hybridized carbons (Fsp3) is 0.150. The highest BCUT2D eigenvalue weighted by molar-refractivity contribution is 6.38. The van der Waals surface area contributed by atoms with E-state index >= 15 is 0 Å². The Bertz CT molecular complexity index is 999. The third kappa shape index (κ3) is 4.12. The summed E-state index contributed by atoms with van der Waals surface area (Å²) >= 11 is 0. The van der Waals surface area contributed by atoms with Crippen molar-refractivity contribution in [3.63, 3.8) is 0 Å². The Morgan fingerprint density at radius 3 is 2.43 bits per heavy atom. The van der Waals surface area contributed by atoms with Crippen molar-refractivity contribution in [2.75, 3.05) is 0 Å². The maximum Gasteiger partial charge on any atom is 0.287 e. The minimum Gasteiger partial charge on any atom is -0.363 e. The van der Waals surface area contributed by atoms with Crippen LogP contribution in [0.3, 0.4) is 0 Å². The molecule has 142 valence electrons. The summed E-state index contributed by atoms with van der Waals surface area (Å²) in [5.41, 5.74) is 6.90. The van der Waals surface area contributed by atoms with Gasteiger partial charge in [-0.1, -0.05) is 30.3 Å². The number of carbonyl (C=O) groups excluding carboxylic acids is 3. The zero-order valence-corrected chi connectivity index (χ0v) is 15.2. The normalized spacial score (nSPS) is 11.6. The van der Waals surface area contributed by atoms with Gasteiger partial charge in [-0.15, -0.1) is 0 Å². The number of Topliss-reactive ketones (excluding diaryl/α,β-unsaturated/α-hetero) is 1. The molecule has 28 heavy (non-hydrogen) atoms. The van der Waals surface area contributed by atoms with E-state index < -0.39 is 23.6 Å². The van der Waals surface area contributed by atoms with E-state index in [-0.39, 0.29) is 12.1 Å². The first-order valence-corrected chi connectivity index (χ1v) is 8.60. The Morgan fingerprint density at radius 1 is 1.11 bits per heavy atom. The number of ketones is 1. The summed E-state index contributed by atoms with van der Waals surface area (Å²) in [6.07, 6.45) is 4.77. The molecule has 0 saturated carbocycles. The van der Waals surface area contributed by atoms with Crippen LogP contribution in [-0.2, 0) is 16.0 Å². The van der Waals surface area contributed by atoms with Gasteiger partial charge in [0.25, 0.3) is 11.8 Å². The van der Waals surface area contributed by atoms with Gasteiger partial charge in [-0.25, -0.2) is 4.98 Å². The monoisotopic (exact) mass is 377 g/mol. The van der Waals surface area contributed by atoms with E-state index in [9.17, 15) is 14.4 Å². The standard InChI is InChI=1S/C20H19N5O3/c1-13-23-12-17(25(13)15-7-9-22-10-8-15)20(28)24-16(18(26)19(21)27)11-14-5-3-2-4-6-14/h2-10,12,16H,11H2,1H3,(H2,21,27)(H,24,28). The molecule has 8 nitrogen and oxygen atoms in total. The van der Waals surface area contributed by atoms with Crippen molar-refractivity contribution in [1.82, 2.24) is 19.9 Å². The fourth-order valence-electron chi connectivity index (χ4n) is 2.89. The second kappa shape index (κ2) is 8.26. The van der Waals surface area contributed by atoms with Gasteiger partial charge in [-0.3, -0.25) is 23.9 Å². The van der Waals surface area contributed by atoms with Gasteiger partial charge in [-0.05, 0) is 24.6 Å². The Morgan fingerprint density at radius 2 is 1.79 bits per heavy atom. The van der Waals surface area contributed by atoms with Gasteiger partial charge in [0, 0.05) is 18.8 Å². The third-order valence-electron chi connectivity index (χ3n) is 4.24. The van der Waals surface area contributed by atoms with E-state index in [4.69, 9.17) is 5.73 Å². The van der Waals surface area contributed by atoms with Crippen LogP contribution in [0.25, 0.3) is 5.69 Å².